The van der Waals surface area contributed by atoms with Crippen molar-refractivity contribution >= 4 is 27.3 Å². The quantitative estimate of drug-likeness (QED) is 0.896. The third kappa shape index (κ3) is 3.78. The van der Waals surface area contributed by atoms with E-state index < -0.39 is 6.10 Å². The number of rotatable bonds is 5. The van der Waals surface area contributed by atoms with Crippen LogP contribution >= 0.6 is 27.3 Å². The van der Waals surface area contributed by atoms with Gasteiger partial charge in [-0.25, -0.2) is 4.98 Å². The predicted octanol–water partition coefficient (Wildman–Crippen LogP) is 3.89. The zero-order valence-electron chi connectivity index (χ0n) is 10.9. The second-order valence-electron chi connectivity index (χ2n) is 4.32. The standard InChI is InChI=1S/C14H16BrNO2S/c1-9-14(19-8-16-9)5-6-18-13-4-3-11(15)7-12(13)10(2)17/h3-4,7-8,10,17H,5-6H2,1-2H3. The molecule has 0 aliphatic heterocycles. The zero-order valence-corrected chi connectivity index (χ0v) is 13.3. The van der Waals surface area contributed by atoms with E-state index in [4.69, 9.17) is 4.74 Å². The molecule has 0 saturated carbocycles. The van der Waals surface area contributed by atoms with Gasteiger partial charge in [0.2, 0.25) is 0 Å². The molecule has 0 spiro atoms. The van der Waals surface area contributed by atoms with Crippen molar-refractivity contribution in [2.45, 2.75) is 26.4 Å². The molecule has 0 saturated heterocycles. The van der Waals surface area contributed by atoms with Crippen LogP contribution in [0.25, 0.3) is 0 Å². The van der Waals surface area contributed by atoms with Gasteiger partial charge in [0.1, 0.15) is 5.75 Å². The Balaban J connectivity index is 2.01. The Labute approximate surface area is 125 Å². The van der Waals surface area contributed by atoms with Gasteiger partial charge in [0.05, 0.1) is 23.9 Å². The van der Waals surface area contributed by atoms with E-state index in [1.54, 1.807) is 18.3 Å². The van der Waals surface area contributed by atoms with Gasteiger partial charge in [0.15, 0.2) is 0 Å². The summed E-state index contributed by atoms with van der Waals surface area (Å²) in [6.07, 6.45) is 0.295. The van der Waals surface area contributed by atoms with Crippen LogP contribution in [0.1, 0.15) is 29.2 Å². The maximum Gasteiger partial charge on any atom is 0.125 e. The maximum atomic E-state index is 9.75. The highest BCUT2D eigenvalue weighted by molar-refractivity contribution is 9.10. The Morgan fingerprint density at radius 3 is 2.89 bits per heavy atom. The van der Waals surface area contributed by atoms with Crippen LogP contribution in [0.3, 0.4) is 0 Å². The Morgan fingerprint density at radius 2 is 2.26 bits per heavy atom. The van der Waals surface area contributed by atoms with Crippen LogP contribution < -0.4 is 4.74 Å². The molecule has 1 aromatic heterocycles. The summed E-state index contributed by atoms with van der Waals surface area (Å²) in [5.41, 5.74) is 3.72. The fourth-order valence-corrected chi connectivity index (χ4v) is 2.94. The van der Waals surface area contributed by atoms with E-state index >= 15 is 0 Å². The molecule has 5 heteroatoms. The van der Waals surface area contributed by atoms with E-state index in [1.807, 2.05) is 30.6 Å². The number of aryl methyl sites for hydroxylation is 1. The van der Waals surface area contributed by atoms with Crippen molar-refractivity contribution < 1.29 is 9.84 Å². The van der Waals surface area contributed by atoms with Gasteiger partial charge >= 0.3 is 0 Å². The molecule has 1 unspecified atom stereocenters. The fraction of sp³-hybridized carbons (Fsp3) is 0.357. The third-order valence-electron chi connectivity index (χ3n) is 2.85. The summed E-state index contributed by atoms with van der Waals surface area (Å²) in [6, 6.07) is 5.68. The highest BCUT2D eigenvalue weighted by Gasteiger charge is 2.10. The number of hydrogen-bond acceptors (Lipinski definition) is 4. The van der Waals surface area contributed by atoms with Crippen LogP contribution in [0.2, 0.25) is 0 Å². The number of aromatic nitrogens is 1. The van der Waals surface area contributed by atoms with E-state index in [9.17, 15) is 5.11 Å². The van der Waals surface area contributed by atoms with Crippen molar-refractivity contribution in [3.05, 3.63) is 44.3 Å². The van der Waals surface area contributed by atoms with E-state index in [0.717, 1.165) is 27.9 Å². The molecule has 0 radical (unpaired) electrons. The largest absolute Gasteiger partial charge is 0.493 e. The highest BCUT2D eigenvalue weighted by atomic mass is 79.9. The lowest BCUT2D eigenvalue weighted by Crippen LogP contribution is -2.04. The number of aliphatic hydroxyl groups excluding tert-OH is 1. The van der Waals surface area contributed by atoms with Crippen LogP contribution in [0.15, 0.2) is 28.2 Å². The lowest BCUT2D eigenvalue weighted by atomic mass is 10.1. The number of ether oxygens (including phenoxy) is 1. The minimum atomic E-state index is -0.544. The number of thiazole rings is 1. The van der Waals surface area contributed by atoms with Crippen LogP contribution in [0, 0.1) is 6.92 Å². The number of hydrogen-bond donors (Lipinski definition) is 1. The fourth-order valence-electron chi connectivity index (χ4n) is 1.80. The lowest BCUT2D eigenvalue weighted by Gasteiger charge is -2.13. The molecule has 2 rings (SSSR count). The Bertz CT molecular complexity index is 554. The summed E-state index contributed by atoms with van der Waals surface area (Å²) < 4.78 is 6.72. The Morgan fingerprint density at radius 1 is 1.47 bits per heavy atom. The van der Waals surface area contributed by atoms with E-state index in [1.165, 1.54) is 4.88 Å². The topological polar surface area (TPSA) is 42.4 Å². The smallest absolute Gasteiger partial charge is 0.125 e. The van der Waals surface area contributed by atoms with Crippen molar-refractivity contribution in [2.24, 2.45) is 0 Å². The molecular weight excluding hydrogens is 326 g/mol. The zero-order chi connectivity index (χ0) is 13.8. The molecule has 0 bridgehead atoms. The summed E-state index contributed by atoms with van der Waals surface area (Å²) in [7, 11) is 0. The molecule has 2 aromatic rings. The summed E-state index contributed by atoms with van der Waals surface area (Å²) in [5.74, 6) is 0.736. The molecule has 0 aliphatic rings. The maximum absolute atomic E-state index is 9.75. The average molecular weight is 342 g/mol. The average Bonchev–Trinajstić information content (AvgIpc) is 2.77. The van der Waals surface area contributed by atoms with Gasteiger partial charge in [-0.1, -0.05) is 15.9 Å². The number of halogens is 1. The summed E-state index contributed by atoms with van der Waals surface area (Å²) in [6.45, 7) is 4.33. The molecule has 1 atom stereocenters. The Hall–Kier alpha value is -0.910. The molecule has 0 amide bonds. The summed E-state index contributed by atoms with van der Waals surface area (Å²) in [5, 5.41) is 9.75. The normalized spacial score (nSPS) is 12.4. The Kier molecular flexibility index (Phi) is 4.96. The molecule has 19 heavy (non-hydrogen) atoms. The number of nitrogens with zero attached hydrogens (tertiary/aromatic N) is 1. The van der Waals surface area contributed by atoms with Gasteiger partial charge in [-0.3, -0.25) is 0 Å². The van der Waals surface area contributed by atoms with Crippen molar-refractivity contribution in [3.8, 4) is 5.75 Å². The van der Waals surface area contributed by atoms with Gasteiger partial charge in [-0.2, -0.15) is 0 Å². The SMILES string of the molecule is Cc1ncsc1CCOc1ccc(Br)cc1C(C)O. The first-order chi connectivity index (χ1) is 9.08. The van der Waals surface area contributed by atoms with Crippen molar-refractivity contribution in [2.75, 3.05) is 6.61 Å². The van der Waals surface area contributed by atoms with Crippen molar-refractivity contribution in [3.63, 3.8) is 0 Å². The minimum Gasteiger partial charge on any atom is -0.493 e. The monoisotopic (exact) mass is 341 g/mol. The van der Waals surface area contributed by atoms with Crippen LogP contribution in [0.4, 0.5) is 0 Å². The molecule has 102 valence electrons. The van der Waals surface area contributed by atoms with Gasteiger partial charge in [-0.15, -0.1) is 11.3 Å². The first-order valence-corrected chi connectivity index (χ1v) is 7.74. The van der Waals surface area contributed by atoms with Crippen molar-refractivity contribution in [1.82, 2.24) is 4.98 Å². The van der Waals surface area contributed by atoms with E-state index in [2.05, 4.69) is 20.9 Å². The van der Waals surface area contributed by atoms with Gasteiger partial charge in [-0.05, 0) is 32.0 Å². The summed E-state index contributed by atoms with van der Waals surface area (Å²) in [4.78, 5) is 5.46. The van der Waals surface area contributed by atoms with E-state index in [0.29, 0.717) is 6.61 Å². The van der Waals surface area contributed by atoms with Crippen LogP contribution in [0.5, 0.6) is 5.75 Å². The van der Waals surface area contributed by atoms with Crippen LogP contribution in [-0.2, 0) is 6.42 Å². The predicted molar refractivity (Wildman–Crippen MR) is 80.8 cm³/mol. The van der Waals surface area contributed by atoms with Gasteiger partial charge in [0, 0.05) is 21.3 Å². The molecule has 1 heterocycles. The highest BCUT2D eigenvalue weighted by Crippen LogP contribution is 2.28. The first-order valence-electron chi connectivity index (χ1n) is 6.07. The second-order valence-corrected chi connectivity index (χ2v) is 6.17. The van der Waals surface area contributed by atoms with Gasteiger partial charge < -0.3 is 9.84 Å². The molecule has 1 aromatic carbocycles. The number of aliphatic hydroxyl groups is 1. The lowest BCUT2D eigenvalue weighted by molar-refractivity contribution is 0.191. The number of benzene rings is 1. The second kappa shape index (κ2) is 6.50. The molecule has 3 nitrogen and oxygen atoms in total. The molecule has 1 N–H and O–H groups in total. The third-order valence-corrected chi connectivity index (χ3v) is 4.34. The molecule has 0 fully saturated rings. The van der Waals surface area contributed by atoms with Gasteiger partial charge in [0.25, 0.3) is 0 Å². The molecule has 0 aliphatic carbocycles. The van der Waals surface area contributed by atoms with Crippen molar-refractivity contribution in [1.29, 1.82) is 0 Å². The molecular formula is C14H16BrNO2S. The summed E-state index contributed by atoms with van der Waals surface area (Å²) >= 11 is 5.05. The minimum absolute atomic E-state index is 0.544. The van der Waals surface area contributed by atoms with Crippen LogP contribution in [-0.4, -0.2) is 16.7 Å². The first kappa shape index (κ1) is 14.5. The van der Waals surface area contributed by atoms with E-state index in [-0.39, 0.29) is 0 Å².